The zero-order valence-corrected chi connectivity index (χ0v) is 15.7. The molecule has 1 nitrogen and oxygen atoms in total. The van der Waals surface area contributed by atoms with E-state index in [1.165, 1.54) is 8.93 Å². The van der Waals surface area contributed by atoms with Gasteiger partial charge >= 0.3 is 151 Å². The van der Waals surface area contributed by atoms with Crippen LogP contribution in [-0.4, -0.2) is 27.7 Å². The second kappa shape index (κ2) is 10.7. The van der Waals surface area contributed by atoms with E-state index < -0.39 is 0 Å². The van der Waals surface area contributed by atoms with E-state index in [2.05, 4.69) is 42.7 Å². The Bertz CT molecular complexity index is 708. The molecule has 0 heterocycles. The van der Waals surface area contributed by atoms with E-state index >= 15 is 0 Å². The number of benzene rings is 2. The first kappa shape index (κ1) is 18.3. The molecule has 0 aromatic heterocycles. The van der Waals surface area contributed by atoms with Gasteiger partial charge in [0, 0.05) is 0 Å². The summed E-state index contributed by atoms with van der Waals surface area (Å²) >= 11 is 0.190. The quantitative estimate of drug-likeness (QED) is 0.401. The summed E-state index contributed by atoms with van der Waals surface area (Å²) in [7, 11) is 0. The number of rotatable bonds is 7. The third kappa shape index (κ3) is 6.22. The normalized spacial score (nSPS) is 12.1. The van der Waals surface area contributed by atoms with Crippen molar-refractivity contribution < 1.29 is 4.74 Å². The van der Waals surface area contributed by atoms with Gasteiger partial charge in [0.1, 0.15) is 0 Å². The van der Waals surface area contributed by atoms with Crippen molar-refractivity contribution in [2.45, 2.75) is 19.4 Å². The third-order valence-corrected chi connectivity index (χ3v) is 5.61. The Labute approximate surface area is 151 Å². The van der Waals surface area contributed by atoms with Crippen LogP contribution in [0.2, 0.25) is 0 Å². The van der Waals surface area contributed by atoms with Crippen molar-refractivity contribution in [3.63, 3.8) is 0 Å². The Morgan fingerprint density at radius 3 is 2.42 bits per heavy atom. The van der Waals surface area contributed by atoms with Gasteiger partial charge in [-0.2, -0.15) is 0 Å². The van der Waals surface area contributed by atoms with Gasteiger partial charge < -0.3 is 0 Å². The van der Waals surface area contributed by atoms with Crippen LogP contribution in [0.5, 0.6) is 0 Å². The number of allylic oxidation sites excluding steroid dienone is 1. The molecule has 1 unspecified atom stereocenters. The van der Waals surface area contributed by atoms with Gasteiger partial charge in [0.25, 0.3) is 0 Å². The molecular formula is C22H22OSe. The third-order valence-electron chi connectivity index (χ3n) is 3.25. The predicted molar refractivity (Wildman–Crippen MR) is 103 cm³/mol. The summed E-state index contributed by atoms with van der Waals surface area (Å²) in [4.78, 5) is 0. The Kier molecular flexibility index (Phi) is 8.14. The van der Waals surface area contributed by atoms with Crippen molar-refractivity contribution in [3.05, 3.63) is 89.4 Å². The Morgan fingerprint density at radius 1 is 1.12 bits per heavy atom. The van der Waals surface area contributed by atoms with Gasteiger partial charge in [-0.05, 0) is 0 Å². The molecule has 24 heavy (non-hydrogen) atoms. The molecule has 2 heteroatoms. The molecule has 0 N–H and O–H groups in total. The van der Waals surface area contributed by atoms with Crippen LogP contribution in [0.3, 0.4) is 0 Å². The molecular weight excluding hydrogens is 359 g/mol. The molecule has 0 spiro atoms. The van der Waals surface area contributed by atoms with Crippen molar-refractivity contribution in [1.29, 1.82) is 0 Å². The molecule has 0 aliphatic carbocycles. The van der Waals surface area contributed by atoms with Crippen molar-refractivity contribution in [3.8, 4) is 11.8 Å². The van der Waals surface area contributed by atoms with Crippen LogP contribution in [0.4, 0.5) is 0 Å². The summed E-state index contributed by atoms with van der Waals surface area (Å²) in [6, 6.07) is 20.6. The van der Waals surface area contributed by atoms with Crippen molar-refractivity contribution in [2.24, 2.45) is 0 Å². The molecule has 1 atom stereocenters. The first-order chi connectivity index (χ1) is 11.8. The molecule has 122 valence electrons. The SMILES string of the molecule is C=CCC(OCC)/C(=C/C#Cc1ccccc1)[Se]c1ccccc1. The van der Waals surface area contributed by atoms with Gasteiger partial charge in [0.05, 0.1) is 0 Å². The van der Waals surface area contributed by atoms with E-state index in [4.69, 9.17) is 4.74 Å². The van der Waals surface area contributed by atoms with Crippen LogP contribution in [0.15, 0.2) is 83.9 Å². The second-order valence-corrected chi connectivity index (χ2v) is 7.47. The van der Waals surface area contributed by atoms with Gasteiger partial charge in [-0.25, -0.2) is 0 Å². The molecule has 0 bridgehead atoms. The van der Waals surface area contributed by atoms with Gasteiger partial charge in [0.15, 0.2) is 0 Å². The van der Waals surface area contributed by atoms with Gasteiger partial charge in [-0.3, -0.25) is 0 Å². The van der Waals surface area contributed by atoms with E-state index in [0.717, 1.165) is 12.0 Å². The Morgan fingerprint density at radius 2 is 1.79 bits per heavy atom. The zero-order chi connectivity index (χ0) is 17.0. The van der Waals surface area contributed by atoms with Gasteiger partial charge in [-0.15, -0.1) is 0 Å². The van der Waals surface area contributed by atoms with Crippen molar-refractivity contribution in [1.82, 2.24) is 0 Å². The predicted octanol–water partition coefficient (Wildman–Crippen LogP) is 3.93. The van der Waals surface area contributed by atoms with Crippen molar-refractivity contribution in [2.75, 3.05) is 6.61 Å². The summed E-state index contributed by atoms with van der Waals surface area (Å²) in [5, 5.41) is 0. The Hall–Kier alpha value is -2.04. The monoisotopic (exact) mass is 382 g/mol. The molecule has 0 fully saturated rings. The fourth-order valence-corrected chi connectivity index (χ4v) is 4.20. The molecule has 2 aromatic carbocycles. The van der Waals surface area contributed by atoms with Crippen LogP contribution in [-0.2, 0) is 4.74 Å². The van der Waals surface area contributed by atoms with Crippen molar-refractivity contribution >= 4 is 19.4 Å². The van der Waals surface area contributed by atoms with Gasteiger partial charge in [0.2, 0.25) is 0 Å². The van der Waals surface area contributed by atoms with E-state index in [1.54, 1.807) is 0 Å². The molecule has 0 saturated carbocycles. The van der Waals surface area contributed by atoms with E-state index in [9.17, 15) is 0 Å². The summed E-state index contributed by atoms with van der Waals surface area (Å²) in [5.74, 6) is 6.41. The summed E-state index contributed by atoms with van der Waals surface area (Å²) in [6.07, 6.45) is 4.81. The fourth-order valence-electron chi connectivity index (χ4n) is 2.14. The topological polar surface area (TPSA) is 9.23 Å². The molecule has 0 saturated heterocycles. The molecule has 2 rings (SSSR count). The first-order valence-electron chi connectivity index (χ1n) is 8.05. The first-order valence-corrected chi connectivity index (χ1v) is 9.76. The average molecular weight is 381 g/mol. The molecule has 0 amide bonds. The Balaban J connectivity index is 2.25. The van der Waals surface area contributed by atoms with E-state index in [-0.39, 0.29) is 21.1 Å². The maximum atomic E-state index is 5.93. The standard InChI is InChI=1S/C22H22OSe/c1-3-12-21(23-4-2)22(24-20-16-9-6-10-17-20)18-11-15-19-13-7-5-8-14-19/h3,5-10,13-14,16-18,21H,1,4,12H2,2H3/b22-18-. The molecule has 2 aromatic rings. The molecule has 0 radical (unpaired) electrons. The minimum absolute atomic E-state index is 0.0535. The summed E-state index contributed by atoms with van der Waals surface area (Å²) in [6.45, 7) is 6.58. The summed E-state index contributed by atoms with van der Waals surface area (Å²) < 4.78 is 8.50. The maximum absolute atomic E-state index is 5.93. The van der Waals surface area contributed by atoms with E-state index in [1.807, 2.05) is 55.5 Å². The van der Waals surface area contributed by atoms with Crippen LogP contribution in [0, 0.1) is 11.8 Å². The number of ether oxygens (including phenoxy) is 1. The molecule has 0 aliphatic rings. The minimum atomic E-state index is 0.0535. The van der Waals surface area contributed by atoms with Crippen LogP contribution in [0.1, 0.15) is 18.9 Å². The number of hydrogen-bond donors (Lipinski definition) is 0. The summed E-state index contributed by atoms with van der Waals surface area (Å²) in [5.41, 5.74) is 1.02. The van der Waals surface area contributed by atoms with Crippen LogP contribution >= 0.6 is 0 Å². The van der Waals surface area contributed by atoms with Crippen LogP contribution < -0.4 is 4.46 Å². The molecule has 0 aliphatic heterocycles. The number of hydrogen-bond acceptors (Lipinski definition) is 1. The van der Waals surface area contributed by atoms with Gasteiger partial charge in [-0.1, -0.05) is 0 Å². The van der Waals surface area contributed by atoms with E-state index in [0.29, 0.717) is 6.61 Å². The average Bonchev–Trinajstić information content (AvgIpc) is 2.62. The fraction of sp³-hybridized carbons (Fsp3) is 0.182. The zero-order valence-electron chi connectivity index (χ0n) is 13.9. The van der Waals surface area contributed by atoms with Crippen LogP contribution in [0.25, 0.3) is 0 Å². The second-order valence-electron chi connectivity index (χ2n) is 5.07.